The number of nitrogens with zero attached hydrogens (tertiary/aromatic N) is 1. The summed E-state index contributed by atoms with van der Waals surface area (Å²) in [5.74, 6) is -0.335. The van der Waals surface area contributed by atoms with Gasteiger partial charge in [-0.15, -0.1) is 0 Å². The normalized spacial score (nSPS) is 15.0. The van der Waals surface area contributed by atoms with E-state index in [1.807, 2.05) is 21.1 Å². The largest absolute Gasteiger partial charge is 0.385 e. The summed E-state index contributed by atoms with van der Waals surface area (Å²) in [6.45, 7) is 4.74. The van der Waals surface area contributed by atoms with Crippen LogP contribution in [-0.4, -0.2) is 42.9 Å². The van der Waals surface area contributed by atoms with Crippen molar-refractivity contribution in [2.24, 2.45) is 0 Å². The van der Waals surface area contributed by atoms with Gasteiger partial charge in [0.2, 0.25) is 0 Å². The zero-order chi connectivity index (χ0) is 26.3. The van der Waals surface area contributed by atoms with E-state index in [1.165, 1.54) is 109 Å². The van der Waals surface area contributed by atoms with Crippen molar-refractivity contribution in [2.75, 3.05) is 27.7 Å². The van der Waals surface area contributed by atoms with Crippen LogP contribution in [0.5, 0.6) is 0 Å². The van der Waals surface area contributed by atoms with Gasteiger partial charge < -0.3 is 13.9 Å². The molecule has 0 amide bonds. The van der Waals surface area contributed by atoms with Gasteiger partial charge in [0.25, 0.3) is 0 Å². The summed E-state index contributed by atoms with van der Waals surface area (Å²) in [6.07, 6.45) is 31.3. The maximum atomic E-state index is 12.7. The van der Waals surface area contributed by atoms with Gasteiger partial charge in [0, 0.05) is 6.42 Å². The van der Waals surface area contributed by atoms with Gasteiger partial charge in [-0.2, -0.15) is 0 Å². The molecule has 0 fully saturated rings. The first kappa shape index (κ1) is 34.9. The summed E-state index contributed by atoms with van der Waals surface area (Å²) < 4.78 is 18.6. The molecule has 2 atom stereocenters. The van der Waals surface area contributed by atoms with Crippen molar-refractivity contribution in [3.8, 4) is 0 Å². The summed E-state index contributed by atoms with van der Waals surface area (Å²) in [5, 5.41) is 0. The van der Waals surface area contributed by atoms with E-state index in [1.54, 1.807) is 0 Å². The fourth-order valence-electron chi connectivity index (χ4n) is 4.76. The van der Waals surface area contributed by atoms with Crippen molar-refractivity contribution in [2.45, 2.75) is 154 Å². The van der Waals surface area contributed by atoms with Crippen molar-refractivity contribution in [3.05, 3.63) is 12.2 Å². The third-order valence-corrected chi connectivity index (χ3v) is 9.26. The lowest BCUT2D eigenvalue weighted by Gasteiger charge is -2.35. The molecule has 5 heteroatoms. The highest BCUT2D eigenvalue weighted by molar-refractivity contribution is 7.53. The van der Waals surface area contributed by atoms with Crippen LogP contribution in [-0.2, 0) is 9.09 Å². The maximum absolute atomic E-state index is 12.7. The molecule has 4 nitrogen and oxygen atoms in total. The second kappa shape index (κ2) is 23.0. The lowest BCUT2D eigenvalue weighted by molar-refractivity contribution is -0.883. The third kappa shape index (κ3) is 21.6. The fourth-order valence-corrected chi connectivity index (χ4v) is 6.78. The fraction of sp³-hybridized carbons (Fsp3) is 0.933. The average Bonchev–Trinajstić information content (AvgIpc) is 2.80. The van der Waals surface area contributed by atoms with Gasteiger partial charge in [0.1, 0.15) is 0 Å². The summed E-state index contributed by atoms with van der Waals surface area (Å²) in [5.41, 5.74) is 0. The Bertz CT molecular complexity index is 530. The van der Waals surface area contributed by atoms with Gasteiger partial charge in [0.15, 0.2) is 5.78 Å². The molecular formula is C30H63NO3P+. The number of quaternary nitrogens is 1. The molecule has 2 unspecified atom stereocenters. The molecule has 0 aromatic heterocycles. The summed E-state index contributed by atoms with van der Waals surface area (Å²) in [7, 11) is 2.35. The molecule has 0 aromatic rings. The highest BCUT2D eigenvalue weighted by atomic mass is 31.2. The molecule has 0 aliphatic rings. The van der Waals surface area contributed by atoms with Crippen LogP contribution in [0.15, 0.2) is 12.2 Å². The Balaban J connectivity index is 3.46. The Labute approximate surface area is 220 Å². The van der Waals surface area contributed by atoms with Crippen molar-refractivity contribution < 1.29 is 18.5 Å². The highest BCUT2D eigenvalue weighted by Crippen LogP contribution is 2.51. The number of hydrogen-bond acceptors (Lipinski definition) is 2. The van der Waals surface area contributed by atoms with Crippen LogP contribution in [0.3, 0.4) is 0 Å². The van der Waals surface area contributed by atoms with Crippen LogP contribution in [0, 0.1) is 0 Å². The van der Waals surface area contributed by atoms with E-state index >= 15 is 0 Å². The van der Waals surface area contributed by atoms with Gasteiger partial charge in [-0.3, -0.25) is 4.57 Å². The third-order valence-electron chi connectivity index (χ3n) is 7.00. The zero-order valence-corrected chi connectivity index (χ0v) is 25.3. The van der Waals surface area contributed by atoms with Crippen LogP contribution >= 0.6 is 7.60 Å². The van der Waals surface area contributed by atoms with Crippen molar-refractivity contribution in [3.63, 3.8) is 0 Å². The van der Waals surface area contributed by atoms with Crippen LogP contribution < -0.4 is 0 Å². The summed E-state index contributed by atoms with van der Waals surface area (Å²) in [4.78, 5) is 10.4. The first-order valence-electron chi connectivity index (χ1n) is 15.2. The molecule has 35 heavy (non-hydrogen) atoms. The van der Waals surface area contributed by atoms with E-state index in [4.69, 9.17) is 4.52 Å². The molecule has 0 radical (unpaired) electrons. The van der Waals surface area contributed by atoms with Crippen molar-refractivity contribution in [1.29, 1.82) is 0 Å². The Morgan fingerprint density at radius 2 is 1.06 bits per heavy atom. The number of allylic oxidation sites excluding steroid dienone is 2. The van der Waals surface area contributed by atoms with Crippen LogP contribution in [0.2, 0.25) is 0 Å². The molecule has 0 spiro atoms. The van der Waals surface area contributed by atoms with Gasteiger partial charge in [-0.05, 0) is 38.5 Å². The quantitative estimate of drug-likeness (QED) is 0.0538. The van der Waals surface area contributed by atoms with Crippen LogP contribution in [0.25, 0.3) is 0 Å². The lowest BCUT2D eigenvalue weighted by Crippen LogP contribution is -2.45. The van der Waals surface area contributed by atoms with Crippen LogP contribution in [0.4, 0.5) is 0 Å². The standard InChI is InChI=1S/C30H62NO3P/c1-6-8-9-10-11-12-13-14-15-16-17-18-19-20-21-22-23-24-25-26-27-29-34-35(32,33)30(28-7-2)31(3,4)5/h15-16,30H,6-14,17-29H2,1-5H3/p+1. The molecule has 0 rings (SSSR count). The first-order valence-corrected chi connectivity index (χ1v) is 16.8. The molecule has 0 bridgehead atoms. The Kier molecular flexibility index (Phi) is 22.9. The van der Waals surface area contributed by atoms with E-state index in [2.05, 4.69) is 26.0 Å². The lowest BCUT2D eigenvalue weighted by atomic mass is 10.1. The molecule has 0 saturated carbocycles. The van der Waals surface area contributed by atoms with E-state index in [0.29, 0.717) is 17.5 Å². The molecule has 210 valence electrons. The molecular weight excluding hydrogens is 453 g/mol. The van der Waals surface area contributed by atoms with Gasteiger partial charge in [-0.1, -0.05) is 116 Å². The predicted octanol–water partition coefficient (Wildman–Crippen LogP) is 10.0. The summed E-state index contributed by atoms with van der Waals surface area (Å²) in [6, 6.07) is 0. The topological polar surface area (TPSA) is 46.5 Å². The maximum Gasteiger partial charge on any atom is 0.385 e. The van der Waals surface area contributed by atoms with E-state index in [0.717, 1.165) is 19.3 Å². The van der Waals surface area contributed by atoms with E-state index in [9.17, 15) is 9.46 Å². The molecule has 0 heterocycles. The second-order valence-electron chi connectivity index (χ2n) is 11.5. The number of unbranched alkanes of at least 4 members (excludes halogenated alkanes) is 17. The Morgan fingerprint density at radius 1 is 0.657 bits per heavy atom. The highest BCUT2D eigenvalue weighted by Gasteiger charge is 2.41. The minimum atomic E-state index is -3.57. The first-order chi connectivity index (χ1) is 16.8. The minimum absolute atomic E-state index is 0.335. The average molecular weight is 517 g/mol. The molecule has 1 N–H and O–H groups in total. The molecule has 0 aromatic carbocycles. The predicted molar refractivity (Wildman–Crippen MR) is 155 cm³/mol. The summed E-state index contributed by atoms with van der Waals surface area (Å²) >= 11 is 0. The number of rotatable bonds is 26. The monoisotopic (exact) mass is 516 g/mol. The molecule has 0 aliphatic heterocycles. The molecule has 0 saturated heterocycles. The minimum Gasteiger partial charge on any atom is -0.320 e. The van der Waals surface area contributed by atoms with Gasteiger partial charge >= 0.3 is 7.60 Å². The van der Waals surface area contributed by atoms with Crippen LogP contribution in [0.1, 0.15) is 149 Å². The Hall–Kier alpha value is -0.150. The second-order valence-corrected chi connectivity index (χ2v) is 13.5. The smallest absolute Gasteiger partial charge is 0.320 e. The molecule has 0 aliphatic carbocycles. The zero-order valence-electron chi connectivity index (χ0n) is 24.4. The van der Waals surface area contributed by atoms with E-state index in [-0.39, 0.29) is 5.78 Å². The number of hydrogen-bond donors (Lipinski definition) is 1. The SMILES string of the molecule is CCCCCCCCCC=CCCCCCCCCCCCCOP(=O)(O)C(CCC)[N+](C)(C)C. The van der Waals surface area contributed by atoms with Gasteiger partial charge in [-0.25, -0.2) is 0 Å². The Morgan fingerprint density at radius 3 is 1.46 bits per heavy atom. The van der Waals surface area contributed by atoms with E-state index < -0.39 is 7.60 Å². The van der Waals surface area contributed by atoms with Crippen molar-refractivity contribution in [1.82, 2.24) is 0 Å². The van der Waals surface area contributed by atoms with Gasteiger partial charge in [0.05, 0.1) is 27.7 Å². The van der Waals surface area contributed by atoms with Crippen molar-refractivity contribution >= 4 is 7.60 Å².